The normalized spacial score (nSPS) is 14.4. The minimum Gasteiger partial charge on any atom is -0.332 e. The highest BCUT2D eigenvalue weighted by Gasteiger charge is 2.07. The summed E-state index contributed by atoms with van der Waals surface area (Å²) in [5, 5.41) is 0.629. The molecule has 0 radical (unpaired) electrons. The molecule has 0 aromatic heterocycles. The zero-order valence-corrected chi connectivity index (χ0v) is 9.63. The smallest absolute Gasteiger partial charge is 0.237 e. The summed E-state index contributed by atoms with van der Waals surface area (Å²) in [5.41, 5.74) is 0.594. The van der Waals surface area contributed by atoms with Crippen LogP contribution in [0.5, 0.6) is 0 Å². The second-order valence-corrected chi connectivity index (χ2v) is 4.20. The van der Waals surface area contributed by atoms with Gasteiger partial charge in [-0.05, 0) is 43.0 Å². The Labute approximate surface area is 100 Å². The number of Topliss-reactive ketones (excluding diaryl/α,β-unsaturated/α-hetero) is 1. The average Bonchev–Trinajstić information content (AvgIpc) is 2.80. The van der Waals surface area contributed by atoms with Gasteiger partial charge in [-0.2, -0.15) is 0 Å². The number of likely N-dealkylation sites (tertiary alicyclic amines) is 1. The van der Waals surface area contributed by atoms with Crippen LogP contribution in [-0.4, -0.2) is 23.8 Å². The summed E-state index contributed by atoms with van der Waals surface area (Å²) in [6.07, 6.45) is 2.34. The average molecular weight is 234 g/mol. The molecule has 82 valence electrons. The molecule has 1 aromatic rings. The van der Waals surface area contributed by atoms with Crippen molar-refractivity contribution in [1.29, 1.82) is 0 Å². The van der Waals surface area contributed by atoms with Crippen molar-refractivity contribution in [2.45, 2.75) is 12.8 Å². The Kier molecular flexibility index (Phi) is 3.48. The topological polar surface area (TPSA) is 20.3 Å². The van der Waals surface area contributed by atoms with E-state index < -0.39 is 0 Å². The molecule has 1 aliphatic heterocycles. The molecule has 1 aromatic carbocycles. The van der Waals surface area contributed by atoms with E-state index in [2.05, 4.69) is 12.0 Å². The summed E-state index contributed by atoms with van der Waals surface area (Å²) in [6, 6.07) is 9.69. The Morgan fingerprint density at radius 3 is 2.44 bits per heavy atom. The van der Waals surface area contributed by atoms with E-state index in [1.807, 2.05) is 4.90 Å². The number of halogens is 1. The minimum absolute atomic E-state index is 0.149. The van der Waals surface area contributed by atoms with E-state index in [-0.39, 0.29) is 5.78 Å². The SMILES string of the molecule is O=C(C#CN1CCCC1)c1ccc(Cl)cc1. The lowest BCUT2D eigenvalue weighted by Gasteiger charge is -2.04. The third kappa shape index (κ3) is 2.77. The van der Waals surface area contributed by atoms with Gasteiger partial charge in [0, 0.05) is 29.7 Å². The zero-order valence-electron chi connectivity index (χ0n) is 8.87. The second-order valence-electron chi connectivity index (χ2n) is 3.77. The molecule has 0 bridgehead atoms. The van der Waals surface area contributed by atoms with Crippen LogP contribution in [0.2, 0.25) is 5.02 Å². The van der Waals surface area contributed by atoms with Gasteiger partial charge in [-0.15, -0.1) is 0 Å². The Bertz CT molecular complexity index is 435. The van der Waals surface area contributed by atoms with Crippen molar-refractivity contribution >= 4 is 17.4 Å². The summed E-state index contributed by atoms with van der Waals surface area (Å²) in [7, 11) is 0. The van der Waals surface area contributed by atoms with Gasteiger partial charge in [-0.25, -0.2) is 0 Å². The molecule has 0 aliphatic carbocycles. The molecular formula is C13H12ClNO. The van der Waals surface area contributed by atoms with Crippen LogP contribution in [0.15, 0.2) is 24.3 Å². The largest absolute Gasteiger partial charge is 0.332 e. The molecule has 1 saturated heterocycles. The maximum Gasteiger partial charge on any atom is 0.237 e. The van der Waals surface area contributed by atoms with Crippen LogP contribution < -0.4 is 0 Å². The van der Waals surface area contributed by atoms with Gasteiger partial charge in [-0.1, -0.05) is 11.6 Å². The van der Waals surface area contributed by atoms with Crippen molar-refractivity contribution in [2.24, 2.45) is 0 Å². The Balaban J connectivity index is 2.04. The van der Waals surface area contributed by atoms with Crippen LogP contribution in [-0.2, 0) is 0 Å². The van der Waals surface area contributed by atoms with Gasteiger partial charge in [0.25, 0.3) is 0 Å². The summed E-state index contributed by atoms with van der Waals surface area (Å²) < 4.78 is 0. The van der Waals surface area contributed by atoms with Gasteiger partial charge in [0.05, 0.1) is 0 Å². The summed E-state index contributed by atoms with van der Waals surface area (Å²) in [6.45, 7) is 1.95. The maximum atomic E-state index is 11.7. The number of hydrogen-bond acceptors (Lipinski definition) is 2. The maximum absolute atomic E-state index is 11.7. The van der Waals surface area contributed by atoms with Crippen LogP contribution in [0, 0.1) is 12.0 Å². The van der Waals surface area contributed by atoms with E-state index in [1.165, 1.54) is 12.8 Å². The van der Waals surface area contributed by atoms with Gasteiger partial charge in [0.2, 0.25) is 5.78 Å². The van der Waals surface area contributed by atoms with Crippen molar-refractivity contribution in [3.8, 4) is 12.0 Å². The number of carbonyl (C=O) groups is 1. The molecule has 3 heteroatoms. The monoisotopic (exact) mass is 233 g/mol. The molecule has 0 atom stereocenters. The van der Waals surface area contributed by atoms with E-state index in [4.69, 9.17) is 11.6 Å². The highest BCUT2D eigenvalue weighted by atomic mass is 35.5. The van der Waals surface area contributed by atoms with Crippen molar-refractivity contribution < 1.29 is 4.79 Å². The molecule has 0 spiro atoms. The number of rotatable bonds is 1. The predicted octanol–water partition coefficient (Wildman–Crippen LogP) is 2.58. The lowest BCUT2D eigenvalue weighted by molar-refractivity contribution is 0.105. The highest BCUT2D eigenvalue weighted by Crippen LogP contribution is 2.10. The summed E-state index contributed by atoms with van der Waals surface area (Å²) in [4.78, 5) is 13.7. The number of carbonyl (C=O) groups excluding carboxylic acids is 1. The van der Waals surface area contributed by atoms with Crippen LogP contribution in [0.1, 0.15) is 23.2 Å². The molecule has 2 rings (SSSR count). The van der Waals surface area contributed by atoms with Gasteiger partial charge in [0.15, 0.2) is 0 Å². The molecule has 1 aliphatic rings. The first-order valence-electron chi connectivity index (χ1n) is 5.32. The van der Waals surface area contributed by atoms with Crippen molar-refractivity contribution in [1.82, 2.24) is 4.90 Å². The third-order valence-electron chi connectivity index (χ3n) is 2.54. The quantitative estimate of drug-likeness (QED) is 0.549. The molecular weight excluding hydrogens is 222 g/mol. The van der Waals surface area contributed by atoms with Crippen LogP contribution in [0.25, 0.3) is 0 Å². The Hall–Kier alpha value is -1.46. The fourth-order valence-electron chi connectivity index (χ4n) is 1.63. The highest BCUT2D eigenvalue weighted by molar-refractivity contribution is 6.30. The fraction of sp³-hybridized carbons (Fsp3) is 0.308. The fourth-order valence-corrected chi connectivity index (χ4v) is 1.76. The minimum atomic E-state index is -0.149. The molecule has 0 amide bonds. The van der Waals surface area contributed by atoms with Crippen molar-refractivity contribution in [2.75, 3.05) is 13.1 Å². The van der Waals surface area contributed by atoms with Crippen LogP contribution >= 0.6 is 11.6 Å². The number of benzene rings is 1. The van der Waals surface area contributed by atoms with E-state index in [0.29, 0.717) is 10.6 Å². The zero-order chi connectivity index (χ0) is 11.4. The first-order valence-corrected chi connectivity index (χ1v) is 5.70. The van der Waals surface area contributed by atoms with Gasteiger partial charge in [0.1, 0.15) is 0 Å². The third-order valence-corrected chi connectivity index (χ3v) is 2.79. The van der Waals surface area contributed by atoms with E-state index in [0.717, 1.165) is 13.1 Å². The van der Waals surface area contributed by atoms with Crippen LogP contribution in [0.4, 0.5) is 0 Å². The van der Waals surface area contributed by atoms with E-state index in [1.54, 1.807) is 24.3 Å². The number of nitrogens with zero attached hydrogens (tertiary/aromatic N) is 1. The Morgan fingerprint density at radius 2 is 1.81 bits per heavy atom. The lowest BCUT2D eigenvalue weighted by atomic mass is 10.1. The molecule has 2 nitrogen and oxygen atoms in total. The number of ketones is 1. The summed E-state index contributed by atoms with van der Waals surface area (Å²) >= 11 is 5.74. The first-order chi connectivity index (χ1) is 7.75. The first kappa shape index (κ1) is 11.0. The summed E-state index contributed by atoms with van der Waals surface area (Å²) in [5.74, 6) is 2.50. The predicted molar refractivity (Wildman–Crippen MR) is 64.4 cm³/mol. The van der Waals surface area contributed by atoms with Crippen molar-refractivity contribution in [3.05, 3.63) is 34.9 Å². The number of hydrogen-bond donors (Lipinski definition) is 0. The van der Waals surface area contributed by atoms with Gasteiger partial charge < -0.3 is 4.90 Å². The molecule has 0 unspecified atom stereocenters. The standard InChI is InChI=1S/C13H12ClNO/c14-12-5-3-11(4-6-12)13(16)7-10-15-8-1-2-9-15/h3-6H,1-2,8-9H2. The molecule has 16 heavy (non-hydrogen) atoms. The van der Waals surface area contributed by atoms with Gasteiger partial charge >= 0.3 is 0 Å². The van der Waals surface area contributed by atoms with Crippen molar-refractivity contribution in [3.63, 3.8) is 0 Å². The molecule has 1 heterocycles. The molecule has 0 N–H and O–H groups in total. The molecule has 1 fully saturated rings. The van der Waals surface area contributed by atoms with E-state index in [9.17, 15) is 4.79 Å². The molecule has 0 saturated carbocycles. The second kappa shape index (κ2) is 5.05. The van der Waals surface area contributed by atoms with Crippen LogP contribution in [0.3, 0.4) is 0 Å². The Morgan fingerprint density at radius 1 is 1.19 bits per heavy atom. The van der Waals surface area contributed by atoms with E-state index >= 15 is 0 Å². The lowest BCUT2D eigenvalue weighted by Crippen LogP contribution is -2.12. The van der Waals surface area contributed by atoms with Gasteiger partial charge in [-0.3, -0.25) is 4.79 Å².